The van der Waals surface area contributed by atoms with Crippen LogP contribution in [0.3, 0.4) is 0 Å². The Morgan fingerprint density at radius 1 is 1.35 bits per heavy atom. The molecule has 5 atom stereocenters. The number of nitrogens with one attached hydrogen (secondary N) is 1. The molecule has 5 unspecified atom stereocenters. The third-order valence-corrected chi connectivity index (χ3v) is 5.29. The molecule has 0 bridgehead atoms. The number of rotatable bonds is 0. The number of benzene rings is 1. The topological polar surface area (TPSA) is 88.0 Å². The summed E-state index contributed by atoms with van der Waals surface area (Å²) in [5, 5.41) is 23.9. The highest BCUT2D eigenvalue weighted by Gasteiger charge is 2.51. The van der Waals surface area contributed by atoms with Crippen molar-refractivity contribution in [2.45, 2.75) is 38.0 Å². The Morgan fingerprint density at radius 3 is 2.83 bits per heavy atom. The number of hydrogen-bond acceptors (Lipinski definition) is 6. The van der Waals surface area contributed by atoms with Gasteiger partial charge in [0.05, 0.1) is 6.10 Å². The lowest BCUT2D eigenvalue weighted by molar-refractivity contribution is -0.145. The quantitative estimate of drug-likeness (QED) is 0.652. The molecule has 0 amide bonds. The van der Waals surface area contributed by atoms with Gasteiger partial charge in [0, 0.05) is 34.7 Å². The Hall–Kier alpha value is -2.05. The third-order valence-electron chi connectivity index (χ3n) is 5.29. The van der Waals surface area contributed by atoms with Crippen LogP contribution in [-0.2, 0) is 4.79 Å². The highest BCUT2D eigenvalue weighted by atomic mass is 16.7. The van der Waals surface area contributed by atoms with Gasteiger partial charge >= 0.3 is 0 Å². The second-order valence-electron chi connectivity index (χ2n) is 6.50. The second-order valence-corrected chi connectivity index (χ2v) is 6.50. The van der Waals surface area contributed by atoms with E-state index < -0.39 is 24.0 Å². The first-order valence-corrected chi connectivity index (χ1v) is 7.70. The maximum atomic E-state index is 12.1. The number of aliphatic hydroxyl groups is 2. The average molecular weight is 317 g/mol. The van der Waals surface area contributed by atoms with Gasteiger partial charge in [-0.15, -0.1) is 0 Å². The van der Waals surface area contributed by atoms with Crippen molar-refractivity contribution in [2.75, 3.05) is 6.79 Å². The molecular formula is C17H19NO5. The number of ether oxygens (including phenoxy) is 2. The van der Waals surface area contributed by atoms with Crippen LogP contribution in [0, 0.1) is 12.8 Å². The Morgan fingerprint density at radius 2 is 2.09 bits per heavy atom. The first kappa shape index (κ1) is 14.5. The summed E-state index contributed by atoms with van der Waals surface area (Å²) in [6.45, 7) is 7.91. The van der Waals surface area contributed by atoms with Gasteiger partial charge in [-0.25, -0.2) is 0 Å². The zero-order valence-electron chi connectivity index (χ0n) is 13.0. The fourth-order valence-corrected chi connectivity index (χ4v) is 4.10. The molecule has 0 saturated heterocycles. The van der Waals surface area contributed by atoms with Gasteiger partial charge in [-0.1, -0.05) is 13.5 Å². The maximum Gasteiger partial charge on any atom is 0.231 e. The molecule has 1 aromatic rings. The largest absolute Gasteiger partial charge is 0.454 e. The van der Waals surface area contributed by atoms with Crippen molar-refractivity contribution in [3.63, 3.8) is 0 Å². The molecule has 2 aliphatic heterocycles. The van der Waals surface area contributed by atoms with Gasteiger partial charge in [-0.3, -0.25) is 4.79 Å². The standard InChI is InChI=1S/C17H19NO5/c1-6-11-8(3)18-13-7(2)14(19)16(21)15(20)12(13)9(11)4-10-17(6)23-5-22-10/h4,7,12-13,15-16,18,20-21H,3,5H2,1-2H3. The summed E-state index contributed by atoms with van der Waals surface area (Å²) in [6.07, 6.45) is -2.54. The van der Waals surface area contributed by atoms with Crippen molar-refractivity contribution >= 4 is 11.5 Å². The van der Waals surface area contributed by atoms with E-state index in [1.807, 2.05) is 13.0 Å². The predicted molar refractivity (Wildman–Crippen MR) is 82.2 cm³/mol. The minimum Gasteiger partial charge on any atom is -0.454 e. The lowest BCUT2D eigenvalue weighted by atomic mass is 9.67. The summed E-state index contributed by atoms with van der Waals surface area (Å²) in [7, 11) is 0. The lowest BCUT2D eigenvalue weighted by Crippen LogP contribution is -2.59. The molecule has 0 aromatic heterocycles. The minimum atomic E-state index is -1.38. The van der Waals surface area contributed by atoms with Gasteiger partial charge in [0.1, 0.15) is 6.10 Å². The first-order valence-electron chi connectivity index (χ1n) is 7.70. The molecule has 1 fully saturated rings. The van der Waals surface area contributed by atoms with E-state index in [0.717, 1.165) is 16.7 Å². The van der Waals surface area contributed by atoms with E-state index in [-0.39, 0.29) is 18.6 Å². The van der Waals surface area contributed by atoms with Crippen LogP contribution in [0.2, 0.25) is 0 Å². The molecule has 2 heterocycles. The SMILES string of the molecule is C=C1NC2C(C)C(=O)C(O)C(O)C2c2cc3c(c(C)c21)OCO3. The maximum absolute atomic E-state index is 12.1. The van der Waals surface area contributed by atoms with Crippen LogP contribution in [0.15, 0.2) is 12.6 Å². The zero-order chi connectivity index (χ0) is 16.5. The van der Waals surface area contributed by atoms with Crippen LogP contribution < -0.4 is 14.8 Å². The van der Waals surface area contributed by atoms with Crippen LogP contribution in [0.25, 0.3) is 5.70 Å². The van der Waals surface area contributed by atoms with Crippen molar-refractivity contribution in [1.82, 2.24) is 5.32 Å². The molecule has 0 spiro atoms. The predicted octanol–water partition coefficient (Wildman–Crippen LogP) is 0.690. The summed E-state index contributed by atoms with van der Waals surface area (Å²) in [6, 6.07) is 1.54. The Bertz CT molecular complexity index is 728. The van der Waals surface area contributed by atoms with E-state index in [1.54, 1.807) is 6.92 Å². The lowest BCUT2D eigenvalue weighted by Gasteiger charge is -2.46. The fraction of sp³-hybridized carbons (Fsp3) is 0.471. The second kappa shape index (κ2) is 4.72. The van der Waals surface area contributed by atoms with E-state index >= 15 is 0 Å². The molecule has 1 aromatic carbocycles. The van der Waals surface area contributed by atoms with Crippen LogP contribution in [0.1, 0.15) is 29.5 Å². The fourth-order valence-electron chi connectivity index (χ4n) is 4.10. The van der Waals surface area contributed by atoms with Crippen molar-refractivity contribution in [2.24, 2.45) is 5.92 Å². The minimum absolute atomic E-state index is 0.160. The van der Waals surface area contributed by atoms with Crippen molar-refractivity contribution < 1.29 is 24.5 Å². The highest BCUT2D eigenvalue weighted by molar-refractivity contribution is 5.89. The van der Waals surface area contributed by atoms with Gasteiger partial charge in [0.25, 0.3) is 0 Å². The molecule has 4 rings (SSSR count). The van der Waals surface area contributed by atoms with Gasteiger partial charge in [0.2, 0.25) is 6.79 Å². The summed E-state index contributed by atoms with van der Waals surface area (Å²) in [5.41, 5.74) is 3.28. The Balaban J connectivity index is 1.92. The molecule has 1 aliphatic carbocycles. The molecule has 23 heavy (non-hydrogen) atoms. The molecule has 3 N–H and O–H groups in total. The van der Waals surface area contributed by atoms with Gasteiger partial charge in [-0.05, 0) is 18.6 Å². The summed E-state index contributed by atoms with van der Waals surface area (Å²) < 4.78 is 11.0. The molecular weight excluding hydrogens is 298 g/mol. The normalized spacial score (nSPS) is 34.7. The Labute approximate surface area is 133 Å². The number of carbonyl (C=O) groups excluding carboxylic acids is 1. The van der Waals surface area contributed by atoms with Crippen LogP contribution in [-0.4, -0.2) is 41.0 Å². The van der Waals surface area contributed by atoms with E-state index in [0.29, 0.717) is 17.2 Å². The summed E-state index contributed by atoms with van der Waals surface area (Å²) in [5.74, 6) is 0.126. The van der Waals surface area contributed by atoms with Gasteiger partial charge < -0.3 is 25.0 Å². The zero-order valence-corrected chi connectivity index (χ0v) is 13.0. The molecule has 1 saturated carbocycles. The molecule has 3 aliphatic rings. The third kappa shape index (κ3) is 1.79. The van der Waals surface area contributed by atoms with Crippen molar-refractivity contribution in [3.05, 3.63) is 29.3 Å². The van der Waals surface area contributed by atoms with Crippen LogP contribution in [0.4, 0.5) is 0 Å². The van der Waals surface area contributed by atoms with Gasteiger partial charge in [0.15, 0.2) is 17.3 Å². The van der Waals surface area contributed by atoms with Crippen LogP contribution >= 0.6 is 0 Å². The highest BCUT2D eigenvalue weighted by Crippen LogP contribution is 2.49. The van der Waals surface area contributed by atoms with E-state index in [9.17, 15) is 15.0 Å². The first-order chi connectivity index (χ1) is 10.9. The molecule has 6 nitrogen and oxygen atoms in total. The van der Waals surface area contributed by atoms with E-state index in [4.69, 9.17) is 9.47 Å². The Kier molecular flexibility index (Phi) is 2.98. The van der Waals surface area contributed by atoms with E-state index in [1.165, 1.54) is 0 Å². The summed E-state index contributed by atoms with van der Waals surface area (Å²) >= 11 is 0. The van der Waals surface area contributed by atoms with Crippen molar-refractivity contribution in [1.29, 1.82) is 0 Å². The number of hydrogen-bond donors (Lipinski definition) is 3. The average Bonchev–Trinajstić information content (AvgIpc) is 2.99. The van der Waals surface area contributed by atoms with Crippen LogP contribution in [0.5, 0.6) is 11.5 Å². The molecule has 6 heteroatoms. The van der Waals surface area contributed by atoms with E-state index in [2.05, 4.69) is 11.9 Å². The molecule has 0 radical (unpaired) electrons. The number of aliphatic hydroxyl groups excluding tert-OH is 2. The number of fused-ring (bicyclic) bond motifs is 4. The smallest absolute Gasteiger partial charge is 0.231 e. The van der Waals surface area contributed by atoms with Gasteiger partial charge in [-0.2, -0.15) is 0 Å². The summed E-state index contributed by atoms with van der Waals surface area (Å²) in [4.78, 5) is 12.1. The molecule has 122 valence electrons. The number of Topliss-reactive ketones (excluding diaryl/α,β-unsaturated/α-hetero) is 1. The number of ketones is 1. The monoisotopic (exact) mass is 317 g/mol. The number of carbonyl (C=O) groups is 1. The van der Waals surface area contributed by atoms with Crippen molar-refractivity contribution in [3.8, 4) is 11.5 Å².